The highest BCUT2D eigenvalue weighted by atomic mass is 35.5. The number of carbonyl (C=O) groups excluding carboxylic acids is 1. The lowest BCUT2D eigenvalue weighted by Crippen LogP contribution is -2.29. The van der Waals surface area contributed by atoms with Gasteiger partial charge in [0.1, 0.15) is 5.01 Å². The average Bonchev–Trinajstić information content (AvgIpc) is 3.60. The van der Waals surface area contributed by atoms with E-state index >= 15 is 0 Å². The Hall–Kier alpha value is -3.29. The first kappa shape index (κ1) is 30.7. The summed E-state index contributed by atoms with van der Waals surface area (Å²) in [6, 6.07) is 15.7. The van der Waals surface area contributed by atoms with Gasteiger partial charge in [0, 0.05) is 29.7 Å². The fourth-order valence-electron chi connectivity index (χ4n) is 5.08. The van der Waals surface area contributed by atoms with Crippen LogP contribution in [-0.2, 0) is 13.0 Å². The number of nitrogens with zero attached hydrogens (tertiary/aromatic N) is 2. The van der Waals surface area contributed by atoms with Crippen LogP contribution in [0.15, 0.2) is 53.9 Å². The predicted octanol–water partition coefficient (Wildman–Crippen LogP) is 8.45. The van der Waals surface area contributed by atoms with E-state index in [1.807, 2.05) is 60.8 Å². The summed E-state index contributed by atoms with van der Waals surface area (Å²) in [6.45, 7) is 7.78. The maximum Gasteiger partial charge on any atom is 0.253 e. The molecular formula is C33H40ClN3O3S. The van der Waals surface area contributed by atoms with E-state index in [9.17, 15) is 4.79 Å². The molecule has 1 N–H and O–H groups in total. The van der Waals surface area contributed by atoms with Crippen molar-refractivity contribution in [2.24, 2.45) is 5.92 Å². The molecule has 6 nitrogen and oxygen atoms in total. The maximum absolute atomic E-state index is 13.5. The van der Waals surface area contributed by atoms with Crippen molar-refractivity contribution in [3.8, 4) is 33.5 Å². The van der Waals surface area contributed by atoms with Crippen LogP contribution < -0.4 is 14.8 Å². The quantitative estimate of drug-likeness (QED) is 0.159. The molecule has 1 unspecified atom stereocenters. The van der Waals surface area contributed by atoms with Crippen molar-refractivity contribution in [3.05, 3.63) is 75.8 Å². The molecule has 0 aliphatic carbocycles. The lowest BCUT2D eigenvalue weighted by Gasteiger charge is -2.15. The van der Waals surface area contributed by atoms with Crippen molar-refractivity contribution in [2.45, 2.75) is 59.4 Å². The number of aromatic nitrogens is 2. The minimum atomic E-state index is -0.0369. The second kappa shape index (κ2) is 14.6. The number of rotatable bonds is 14. The van der Waals surface area contributed by atoms with Crippen LogP contribution >= 0.6 is 22.9 Å². The number of unbranched alkanes of at least 4 members (excludes halogenated alkanes) is 1. The van der Waals surface area contributed by atoms with E-state index in [0.717, 1.165) is 52.5 Å². The lowest BCUT2D eigenvalue weighted by molar-refractivity contribution is 0.0945. The van der Waals surface area contributed by atoms with Gasteiger partial charge < -0.3 is 19.4 Å². The Morgan fingerprint density at radius 2 is 1.88 bits per heavy atom. The van der Waals surface area contributed by atoms with Crippen LogP contribution in [0.1, 0.15) is 61.1 Å². The standard InChI is InChI=1S/C33H40ClN3O3S/c1-6-8-11-23(7-2)20-35-32(38)26-19-29(28-21-41-33(36-28)25-12-9-10-13-27(25)34)37(22(26)3)17-16-24-14-15-30(39-4)31(18-24)40-5/h9-10,12-15,18-19,21,23H,6-8,11,16-17,20H2,1-5H3,(H,35,38). The number of methoxy groups -OCH3 is 2. The van der Waals surface area contributed by atoms with Crippen molar-refractivity contribution >= 4 is 28.8 Å². The number of nitrogens with one attached hydrogen (secondary N) is 1. The largest absolute Gasteiger partial charge is 0.493 e. The van der Waals surface area contributed by atoms with Gasteiger partial charge in [-0.25, -0.2) is 4.98 Å². The molecule has 0 aliphatic heterocycles. The first-order valence-electron chi connectivity index (χ1n) is 14.3. The SMILES string of the molecule is CCCCC(CC)CNC(=O)c1cc(-c2csc(-c3ccccc3Cl)n2)n(CCc2ccc(OC)c(OC)c2)c1C. The van der Waals surface area contributed by atoms with Crippen LogP contribution in [-0.4, -0.2) is 36.2 Å². The molecular weight excluding hydrogens is 554 g/mol. The number of halogens is 1. The molecule has 2 heterocycles. The topological polar surface area (TPSA) is 65.4 Å². The highest BCUT2D eigenvalue weighted by Gasteiger charge is 2.21. The summed E-state index contributed by atoms with van der Waals surface area (Å²) in [4.78, 5) is 18.4. The second-order valence-electron chi connectivity index (χ2n) is 10.3. The van der Waals surface area contributed by atoms with E-state index < -0.39 is 0 Å². The Balaban J connectivity index is 1.65. The average molecular weight is 594 g/mol. The summed E-state index contributed by atoms with van der Waals surface area (Å²) in [7, 11) is 3.28. The van der Waals surface area contributed by atoms with Gasteiger partial charge in [-0.15, -0.1) is 11.3 Å². The molecule has 0 saturated carbocycles. The first-order valence-corrected chi connectivity index (χ1v) is 15.6. The Morgan fingerprint density at radius 1 is 1.10 bits per heavy atom. The maximum atomic E-state index is 13.5. The summed E-state index contributed by atoms with van der Waals surface area (Å²) in [6.07, 6.45) is 5.29. The third kappa shape index (κ3) is 7.32. The number of hydrogen-bond acceptors (Lipinski definition) is 5. The minimum Gasteiger partial charge on any atom is -0.493 e. The van der Waals surface area contributed by atoms with Crippen molar-refractivity contribution in [3.63, 3.8) is 0 Å². The van der Waals surface area contributed by atoms with Crippen LogP contribution in [0.2, 0.25) is 5.02 Å². The first-order chi connectivity index (χ1) is 19.9. The summed E-state index contributed by atoms with van der Waals surface area (Å²) in [5.74, 6) is 1.85. The van der Waals surface area contributed by atoms with Crippen LogP contribution in [0, 0.1) is 12.8 Å². The van der Waals surface area contributed by atoms with Gasteiger partial charge in [-0.3, -0.25) is 4.79 Å². The Bertz CT molecular complexity index is 1460. The van der Waals surface area contributed by atoms with Gasteiger partial charge in [-0.2, -0.15) is 0 Å². The molecule has 8 heteroatoms. The third-order valence-electron chi connectivity index (χ3n) is 7.65. The molecule has 0 bridgehead atoms. The number of ether oxygens (including phenoxy) is 2. The molecule has 4 rings (SSSR count). The highest BCUT2D eigenvalue weighted by molar-refractivity contribution is 7.13. The van der Waals surface area contributed by atoms with E-state index in [2.05, 4.69) is 23.7 Å². The van der Waals surface area contributed by atoms with E-state index in [1.54, 1.807) is 25.6 Å². The molecule has 218 valence electrons. The third-order valence-corrected chi connectivity index (χ3v) is 8.85. The van der Waals surface area contributed by atoms with Gasteiger partial charge in [0.2, 0.25) is 0 Å². The fourth-order valence-corrected chi connectivity index (χ4v) is 6.21. The minimum absolute atomic E-state index is 0.0369. The highest BCUT2D eigenvalue weighted by Crippen LogP contribution is 2.35. The Morgan fingerprint density at radius 3 is 2.59 bits per heavy atom. The molecule has 41 heavy (non-hydrogen) atoms. The van der Waals surface area contributed by atoms with Gasteiger partial charge in [0.25, 0.3) is 5.91 Å². The number of hydrogen-bond donors (Lipinski definition) is 1. The van der Waals surface area contributed by atoms with Crippen LogP contribution in [0.5, 0.6) is 11.5 Å². The van der Waals surface area contributed by atoms with E-state index in [1.165, 1.54) is 12.8 Å². The van der Waals surface area contributed by atoms with E-state index in [4.69, 9.17) is 26.1 Å². The number of benzene rings is 2. The lowest BCUT2D eigenvalue weighted by atomic mass is 9.99. The number of carbonyl (C=O) groups is 1. The molecule has 4 aromatic rings. The zero-order valence-electron chi connectivity index (χ0n) is 24.6. The van der Waals surface area contributed by atoms with Crippen LogP contribution in [0.4, 0.5) is 0 Å². The zero-order chi connectivity index (χ0) is 29.4. The molecule has 2 aromatic carbocycles. The van der Waals surface area contributed by atoms with Gasteiger partial charge in [-0.1, -0.05) is 69.0 Å². The summed E-state index contributed by atoms with van der Waals surface area (Å²) >= 11 is 8.03. The van der Waals surface area contributed by atoms with Gasteiger partial charge in [0.05, 0.1) is 36.2 Å². The second-order valence-corrected chi connectivity index (χ2v) is 11.5. The fraction of sp³-hybridized carbons (Fsp3) is 0.394. The molecule has 1 atom stereocenters. The predicted molar refractivity (Wildman–Crippen MR) is 170 cm³/mol. The molecule has 0 fully saturated rings. The number of aryl methyl sites for hydroxylation is 1. The van der Waals surface area contributed by atoms with Gasteiger partial charge in [0.15, 0.2) is 11.5 Å². The number of thiazole rings is 1. The summed E-state index contributed by atoms with van der Waals surface area (Å²) in [5, 5.41) is 6.77. The Labute approximate surface area is 252 Å². The van der Waals surface area contributed by atoms with Crippen molar-refractivity contribution in [1.29, 1.82) is 0 Å². The Kier molecular flexibility index (Phi) is 10.9. The molecule has 0 radical (unpaired) electrons. The smallest absolute Gasteiger partial charge is 0.253 e. The molecule has 0 aliphatic rings. The monoisotopic (exact) mass is 593 g/mol. The summed E-state index contributed by atoms with van der Waals surface area (Å²) < 4.78 is 13.1. The van der Waals surface area contributed by atoms with Gasteiger partial charge in [-0.05, 0) is 55.5 Å². The van der Waals surface area contributed by atoms with Crippen LogP contribution in [0.3, 0.4) is 0 Å². The molecule has 1 amide bonds. The number of amides is 1. The van der Waals surface area contributed by atoms with E-state index in [-0.39, 0.29) is 5.91 Å². The van der Waals surface area contributed by atoms with Crippen molar-refractivity contribution < 1.29 is 14.3 Å². The zero-order valence-corrected chi connectivity index (χ0v) is 26.2. The summed E-state index contributed by atoms with van der Waals surface area (Å²) in [5.41, 5.74) is 5.37. The normalized spacial score (nSPS) is 11.9. The van der Waals surface area contributed by atoms with Gasteiger partial charge >= 0.3 is 0 Å². The van der Waals surface area contributed by atoms with E-state index in [0.29, 0.717) is 41.1 Å². The molecule has 2 aromatic heterocycles. The molecule has 0 spiro atoms. The van der Waals surface area contributed by atoms with Crippen molar-refractivity contribution in [1.82, 2.24) is 14.9 Å². The van der Waals surface area contributed by atoms with Crippen LogP contribution in [0.25, 0.3) is 22.0 Å². The van der Waals surface area contributed by atoms with Crippen molar-refractivity contribution in [2.75, 3.05) is 20.8 Å². The molecule has 0 saturated heterocycles.